The van der Waals surface area contributed by atoms with E-state index < -0.39 is 5.92 Å². The van der Waals surface area contributed by atoms with Gasteiger partial charge in [0.1, 0.15) is 11.6 Å². The van der Waals surface area contributed by atoms with Gasteiger partial charge in [-0.3, -0.25) is 9.59 Å². The Morgan fingerprint density at radius 2 is 1.69 bits per heavy atom. The van der Waals surface area contributed by atoms with Gasteiger partial charge in [-0.2, -0.15) is 0 Å². The molecule has 1 aromatic heterocycles. The molecule has 2 aromatic carbocycles. The molecule has 0 bridgehead atoms. The van der Waals surface area contributed by atoms with Gasteiger partial charge in [0, 0.05) is 29.7 Å². The summed E-state index contributed by atoms with van der Waals surface area (Å²) < 4.78 is 16.3. The standard InChI is InChI=1S/C23H23N3O5S/c1-29-16-11-18(31-3)17(30-2)9-14(16)15-10-19(27)24-21-20(15)22(28)26-23(25-21)32-12-13-7-5-4-6-8-13/h4-9,11,15H,10,12H2,1-3H3,(H2,24,25,26,27,28). The average molecular weight is 454 g/mol. The molecule has 166 valence electrons. The average Bonchev–Trinajstić information content (AvgIpc) is 2.81. The Balaban J connectivity index is 1.74. The fourth-order valence-corrected chi connectivity index (χ4v) is 4.55. The highest BCUT2D eigenvalue weighted by atomic mass is 32.2. The van der Waals surface area contributed by atoms with Gasteiger partial charge in [0.2, 0.25) is 5.91 Å². The van der Waals surface area contributed by atoms with E-state index in [1.54, 1.807) is 12.1 Å². The van der Waals surface area contributed by atoms with Crippen LogP contribution in [0.15, 0.2) is 52.4 Å². The SMILES string of the molecule is COc1cc(OC)c(C2CC(=O)Nc3nc(SCc4ccccc4)[nH]c(=O)c32)cc1OC. The van der Waals surface area contributed by atoms with Crippen LogP contribution >= 0.6 is 11.8 Å². The first-order valence-corrected chi connectivity index (χ1v) is 10.9. The third kappa shape index (κ3) is 4.29. The minimum atomic E-state index is -0.544. The number of nitrogens with one attached hydrogen (secondary N) is 2. The van der Waals surface area contributed by atoms with E-state index in [2.05, 4.69) is 15.3 Å². The lowest BCUT2D eigenvalue weighted by Gasteiger charge is -2.26. The van der Waals surface area contributed by atoms with E-state index in [0.717, 1.165) is 5.56 Å². The zero-order chi connectivity index (χ0) is 22.7. The van der Waals surface area contributed by atoms with Gasteiger partial charge in [0.05, 0.1) is 26.9 Å². The van der Waals surface area contributed by atoms with E-state index >= 15 is 0 Å². The number of hydrogen-bond acceptors (Lipinski definition) is 7. The lowest BCUT2D eigenvalue weighted by atomic mass is 9.86. The number of aromatic nitrogens is 2. The smallest absolute Gasteiger partial charge is 0.257 e. The predicted molar refractivity (Wildman–Crippen MR) is 122 cm³/mol. The molecular formula is C23H23N3O5S. The van der Waals surface area contributed by atoms with Crippen LogP contribution in [0.25, 0.3) is 0 Å². The van der Waals surface area contributed by atoms with Crippen LogP contribution in [0.1, 0.15) is 29.0 Å². The summed E-state index contributed by atoms with van der Waals surface area (Å²) in [5.74, 6) is 1.61. The number of fused-ring (bicyclic) bond motifs is 1. The molecule has 2 N–H and O–H groups in total. The summed E-state index contributed by atoms with van der Waals surface area (Å²) >= 11 is 1.40. The van der Waals surface area contributed by atoms with Crippen molar-refractivity contribution in [2.45, 2.75) is 23.2 Å². The quantitative estimate of drug-likeness (QED) is 0.416. The Bertz CT molecular complexity index is 1200. The van der Waals surface area contributed by atoms with Crippen molar-refractivity contribution in [1.82, 2.24) is 9.97 Å². The van der Waals surface area contributed by atoms with Crippen molar-refractivity contribution in [2.24, 2.45) is 0 Å². The zero-order valence-corrected chi connectivity index (χ0v) is 18.7. The lowest BCUT2D eigenvalue weighted by Crippen LogP contribution is -2.31. The zero-order valence-electron chi connectivity index (χ0n) is 17.9. The van der Waals surface area contributed by atoms with Crippen molar-refractivity contribution >= 4 is 23.5 Å². The van der Waals surface area contributed by atoms with Crippen LogP contribution in [-0.4, -0.2) is 37.2 Å². The number of benzene rings is 2. The maximum absolute atomic E-state index is 13.1. The molecule has 2 heterocycles. The number of anilines is 1. The molecule has 9 heteroatoms. The first-order chi connectivity index (χ1) is 15.5. The van der Waals surface area contributed by atoms with Crippen LogP contribution in [0.3, 0.4) is 0 Å². The first-order valence-electron chi connectivity index (χ1n) is 9.94. The Morgan fingerprint density at radius 1 is 1.00 bits per heavy atom. The number of hydrogen-bond donors (Lipinski definition) is 2. The molecule has 0 radical (unpaired) electrons. The van der Waals surface area contributed by atoms with Crippen molar-refractivity contribution in [3.63, 3.8) is 0 Å². The molecule has 1 amide bonds. The van der Waals surface area contributed by atoms with Gasteiger partial charge in [-0.1, -0.05) is 42.1 Å². The van der Waals surface area contributed by atoms with Gasteiger partial charge >= 0.3 is 0 Å². The van der Waals surface area contributed by atoms with Crippen LogP contribution in [0, 0.1) is 0 Å². The number of nitrogens with zero attached hydrogens (tertiary/aromatic N) is 1. The fraction of sp³-hybridized carbons (Fsp3) is 0.261. The van der Waals surface area contributed by atoms with E-state index in [0.29, 0.717) is 39.3 Å². The Hall–Kier alpha value is -3.46. The van der Waals surface area contributed by atoms with Crippen LogP contribution in [0.4, 0.5) is 5.82 Å². The van der Waals surface area contributed by atoms with Gasteiger partial charge in [-0.05, 0) is 11.6 Å². The van der Waals surface area contributed by atoms with E-state index in [1.165, 1.54) is 33.1 Å². The Kier molecular flexibility index (Phi) is 6.36. The van der Waals surface area contributed by atoms with Gasteiger partial charge in [0.25, 0.3) is 5.56 Å². The number of ether oxygens (including phenoxy) is 3. The molecule has 32 heavy (non-hydrogen) atoms. The molecule has 3 aromatic rings. The number of carbonyl (C=O) groups is 1. The lowest BCUT2D eigenvalue weighted by molar-refractivity contribution is -0.116. The minimum absolute atomic E-state index is 0.0834. The summed E-state index contributed by atoms with van der Waals surface area (Å²) in [7, 11) is 4.59. The second kappa shape index (κ2) is 9.35. The molecule has 1 aliphatic rings. The topological polar surface area (TPSA) is 103 Å². The van der Waals surface area contributed by atoms with Crippen molar-refractivity contribution in [1.29, 1.82) is 0 Å². The molecule has 1 unspecified atom stereocenters. The number of aromatic amines is 1. The van der Waals surface area contributed by atoms with E-state index in [9.17, 15) is 9.59 Å². The number of rotatable bonds is 7. The van der Waals surface area contributed by atoms with Crippen LogP contribution in [-0.2, 0) is 10.5 Å². The summed E-state index contributed by atoms with van der Waals surface area (Å²) in [6, 6.07) is 13.3. The summed E-state index contributed by atoms with van der Waals surface area (Å²) in [6.07, 6.45) is 0.0834. The molecule has 0 aliphatic carbocycles. The highest BCUT2D eigenvalue weighted by Gasteiger charge is 2.33. The number of thioether (sulfide) groups is 1. The summed E-state index contributed by atoms with van der Waals surface area (Å²) in [4.78, 5) is 33.0. The highest BCUT2D eigenvalue weighted by Crippen LogP contribution is 2.43. The number of carbonyl (C=O) groups excluding carboxylic acids is 1. The second-order valence-electron chi connectivity index (χ2n) is 7.16. The van der Waals surface area contributed by atoms with Crippen molar-refractivity contribution in [3.05, 3.63) is 69.5 Å². The number of amides is 1. The maximum atomic E-state index is 13.1. The van der Waals surface area contributed by atoms with Crippen LogP contribution in [0.5, 0.6) is 17.2 Å². The van der Waals surface area contributed by atoms with Gasteiger partial charge in [-0.15, -0.1) is 0 Å². The third-order valence-electron chi connectivity index (χ3n) is 5.26. The van der Waals surface area contributed by atoms with Crippen LogP contribution < -0.4 is 25.1 Å². The molecule has 1 aliphatic heterocycles. The van der Waals surface area contributed by atoms with E-state index in [-0.39, 0.29) is 23.7 Å². The highest BCUT2D eigenvalue weighted by molar-refractivity contribution is 7.98. The minimum Gasteiger partial charge on any atom is -0.496 e. The monoisotopic (exact) mass is 453 g/mol. The summed E-state index contributed by atoms with van der Waals surface area (Å²) in [5, 5.41) is 3.19. The Morgan fingerprint density at radius 3 is 2.38 bits per heavy atom. The normalized spacial score (nSPS) is 15.0. The van der Waals surface area contributed by atoms with E-state index in [1.807, 2.05) is 30.3 Å². The summed E-state index contributed by atoms with van der Waals surface area (Å²) in [5.41, 5.74) is 1.85. The maximum Gasteiger partial charge on any atom is 0.257 e. The third-order valence-corrected chi connectivity index (χ3v) is 6.20. The fourth-order valence-electron chi connectivity index (χ4n) is 3.74. The molecule has 8 nitrogen and oxygen atoms in total. The number of H-pyrrole nitrogens is 1. The van der Waals surface area contributed by atoms with Crippen molar-refractivity contribution in [2.75, 3.05) is 26.6 Å². The molecule has 0 spiro atoms. The van der Waals surface area contributed by atoms with E-state index in [4.69, 9.17) is 14.2 Å². The van der Waals surface area contributed by atoms with Crippen LogP contribution in [0.2, 0.25) is 0 Å². The molecule has 0 saturated carbocycles. The molecule has 4 rings (SSSR count). The largest absolute Gasteiger partial charge is 0.496 e. The van der Waals surface area contributed by atoms with Gasteiger partial charge < -0.3 is 24.5 Å². The van der Waals surface area contributed by atoms with Gasteiger partial charge in [0.15, 0.2) is 16.7 Å². The van der Waals surface area contributed by atoms with Crippen molar-refractivity contribution in [3.8, 4) is 17.2 Å². The number of methoxy groups -OCH3 is 3. The summed E-state index contributed by atoms with van der Waals surface area (Å²) in [6.45, 7) is 0. The molecule has 1 atom stereocenters. The first kappa shape index (κ1) is 21.8. The van der Waals surface area contributed by atoms with Crippen molar-refractivity contribution < 1.29 is 19.0 Å². The Labute approximate surface area is 189 Å². The predicted octanol–water partition coefficient (Wildman–Crippen LogP) is 3.56. The molecule has 0 saturated heterocycles. The van der Waals surface area contributed by atoms with Gasteiger partial charge in [-0.25, -0.2) is 4.98 Å². The molecular weight excluding hydrogens is 430 g/mol. The second-order valence-corrected chi connectivity index (χ2v) is 8.13. The molecule has 0 fully saturated rings.